The molecular weight excluding hydrogens is 304 g/mol. The van der Waals surface area contributed by atoms with Crippen LogP contribution in [0.25, 0.3) is 0 Å². The fraction of sp³-hybridized carbons (Fsp3) is 0.550. The van der Waals surface area contributed by atoms with Crippen LogP contribution in [0.5, 0.6) is 0 Å². The monoisotopic (exact) mass is 336 g/mol. The molecule has 0 aliphatic rings. The number of aliphatic hydroxyl groups is 1. The SMILES string of the molecule is O=C(CCC/C=C\C/C=C\C/C=C\C/C=C\CCCCCO)OO. The highest BCUT2D eigenvalue weighted by Gasteiger charge is 1.98. The fourth-order valence-electron chi connectivity index (χ4n) is 2.01. The molecule has 0 aromatic heterocycles. The van der Waals surface area contributed by atoms with Gasteiger partial charge in [-0.1, -0.05) is 55.0 Å². The first-order valence-corrected chi connectivity index (χ1v) is 8.86. The Hall–Kier alpha value is -1.65. The van der Waals surface area contributed by atoms with Crippen LogP contribution in [0.1, 0.15) is 64.2 Å². The molecule has 0 aromatic rings. The predicted molar refractivity (Wildman–Crippen MR) is 98.5 cm³/mol. The minimum Gasteiger partial charge on any atom is -0.396 e. The summed E-state index contributed by atoms with van der Waals surface area (Å²) in [5.41, 5.74) is 0. The van der Waals surface area contributed by atoms with Crippen LogP contribution in [0.3, 0.4) is 0 Å². The molecule has 0 rings (SSSR count). The predicted octanol–water partition coefficient (Wildman–Crippen LogP) is 5.12. The van der Waals surface area contributed by atoms with Gasteiger partial charge in [0.15, 0.2) is 0 Å². The van der Waals surface area contributed by atoms with Gasteiger partial charge in [-0.15, -0.1) is 0 Å². The second-order valence-electron chi connectivity index (χ2n) is 5.52. The van der Waals surface area contributed by atoms with Gasteiger partial charge in [-0.25, -0.2) is 4.79 Å². The molecule has 0 unspecified atom stereocenters. The summed E-state index contributed by atoms with van der Waals surface area (Å²) in [4.78, 5) is 14.2. The van der Waals surface area contributed by atoms with E-state index in [0.717, 1.165) is 51.4 Å². The van der Waals surface area contributed by atoms with Crippen molar-refractivity contribution in [2.75, 3.05) is 6.61 Å². The second kappa shape index (κ2) is 19.4. The van der Waals surface area contributed by atoms with Gasteiger partial charge in [0.1, 0.15) is 0 Å². The summed E-state index contributed by atoms with van der Waals surface area (Å²) in [5.74, 6) is -0.577. The Balaban J connectivity index is 3.41. The van der Waals surface area contributed by atoms with Crippen molar-refractivity contribution in [2.45, 2.75) is 64.2 Å². The fourth-order valence-corrected chi connectivity index (χ4v) is 2.01. The van der Waals surface area contributed by atoms with Gasteiger partial charge in [0.25, 0.3) is 0 Å². The van der Waals surface area contributed by atoms with Gasteiger partial charge < -0.3 is 9.99 Å². The molecule has 0 fully saturated rings. The lowest BCUT2D eigenvalue weighted by molar-refractivity contribution is -0.234. The number of carbonyl (C=O) groups excluding carboxylic acids is 1. The number of hydrogen-bond donors (Lipinski definition) is 2. The maximum Gasteiger partial charge on any atom is 0.342 e. The number of aliphatic hydroxyl groups excluding tert-OH is 1. The van der Waals surface area contributed by atoms with E-state index >= 15 is 0 Å². The third kappa shape index (κ3) is 18.4. The average Bonchev–Trinajstić information content (AvgIpc) is 2.60. The number of rotatable bonds is 15. The molecule has 0 spiro atoms. The van der Waals surface area contributed by atoms with Crippen LogP contribution >= 0.6 is 0 Å². The quantitative estimate of drug-likeness (QED) is 0.188. The zero-order valence-corrected chi connectivity index (χ0v) is 14.6. The minimum absolute atomic E-state index is 0.249. The molecule has 0 heterocycles. The molecule has 0 saturated heterocycles. The van der Waals surface area contributed by atoms with E-state index in [1.54, 1.807) is 0 Å². The van der Waals surface area contributed by atoms with Crippen molar-refractivity contribution in [1.29, 1.82) is 0 Å². The van der Waals surface area contributed by atoms with Crippen LogP contribution in [0, 0.1) is 0 Å². The zero-order chi connectivity index (χ0) is 17.7. The average molecular weight is 336 g/mol. The molecule has 0 aliphatic carbocycles. The number of allylic oxidation sites excluding steroid dienone is 8. The van der Waals surface area contributed by atoms with E-state index in [4.69, 9.17) is 10.4 Å². The molecule has 0 saturated carbocycles. The highest BCUT2D eigenvalue weighted by molar-refractivity contribution is 5.68. The van der Waals surface area contributed by atoms with E-state index in [-0.39, 0.29) is 6.42 Å². The molecule has 0 aromatic carbocycles. The second-order valence-corrected chi connectivity index (χ2v) is 5.52. The van der Waals surface area contributed by atoms with Crippen molar-refractivity contribution in [3.8, 4) is 0 Å². The van der Waals surface area contributed by atoms with Gasteiger partial charge in [-0.05, 0) is 51.4 Å². The van der Waals surface area contributed by atoms with Gasteiger partial charge in [-0.3, -0.25) is 0 Å². The standard InChI is InChI=1S/C20H32O4/c21-19-17-15-13-11-9-7-5-3-1-2-4-6-8-10-12-14-16-18-20(22)24-23/h1,3-4,6-7,9-10,12,21,23H,2,5,8,11,13-19H2/b3-1-,6-4-,9-7-,12-10-. The lowest BCUT2D eigenvalue weighted by Gasteiger charge is -1.93. The Bertz CT molecular complexity index is 394. The summed E-state index contributed by atoms with van der Waals surface area (Å²) in [6, 6.07) is 0. The summed E-state index contributed by atoms with van der Waals surface area (Å²) in [7, 11) is 0. The molecule has 4 heteroatoms. The molecule has 0 bridgehead atoms. The third-order valence-corrected chi connectivity index (χ3v) is 3.37. The van der Waals surface area contributed by atoms with Crippen LogP contribution in [-0.2, 0) is 9.68 Å². The van der Waals surface area contributed by atoms with Crippen molar-refractivity contribution in [2.24, 2.45) is 0 Å². The van der Waals surface area contributed by atoms with Crippen molar-refractivity contribution < 1.29 is 20.0 Å². The maximum atomic E-state index is 10.7. The Labute approximate surface area is 146 Å². The molecule has 0 radical (unpaired) electrons. The summed E-state index contributed by atoms with van der Waals surface area (Å²) in [6.07, 6.45) is 25.9. The van der Waals surface area contributed by atoms with Crippen LogP contribution in [-0.4, -0.2) is 22.9 Å². The summed E-state index contributed by atoms with van der Waals surface area (Å²) in [6.45, 7) is 0.302. The Morgan fingerprint density at radius 3 is 1.71 bits per heavy atom. The van der Waals surface area contributed by atoms with Crippen LogP contribution in [0.4, 0.5) is 0 Å². The van der Waals surface area contributed by atoms with E-state index in [0.29, 0.717) is 13.0 Å². The molecule has 136 valence electrons. The number of unbranched alkanes of at least 4 members (excludes halogenated alkanes) is 4. The largest absolute Gasteiger partial charge is 0.396 e. The number of hydrogen-bond acceptors (Lipinski definition) is 4. The van der Waals surface area contributed by atoms with Crippen LogP contribution in [0.2, 0.25) is 0 Å². The Kier molecular flexibility index (Phi) is 18.1. The molecule has 0 amide bonds. The van der Waals surface area contributed by atoms with Gasteiger partial charge >= 0.3 is 5.97 Å². The molecular formula is C20H32O4. The van der Waals surface area contributed by atoms with Crippen molar-refractivity contribution in [1.82, 2.24) is 0 Å². The topological polar surface area (TPSA) is 66.8 Å². The van der Waals surface area contributed by atoms with Crippen molar-refractivity contribution in [3.63, 3.8) is 0 Å². The van der Waals surface area contributed by atoms with Gasteiger partial charge in [0.05, 0.1) is 0 Å². The summed E-state index contributed by atoms with van der Waals surface area (Å²) in [5, 5.41) is 16.7. The van der Waals surface area contributed by atoms with Crippen molar-refractivity contribution >= 4 is 5.97 Å². The van der Waals surface area contributed by atoms with E-state index < -0.39 is 5.97 Å². The Morgan fingerprint density at radius 1 is 0.708 bits per heavy atom. The molecule has 4 nitrogen and oxygen atoms in total. The lowest BCUT2D eigenvalue weighted by atomic mass is 10.2. The van der Waals surface area contributed by atoms with Crippen molar-refractivity contribution in [3.05, 3.63) is 48.6 Å². The highest BCUT2D eigenvalue weighted by Crippen LogP contribution is 2.01. The molecule has 0 atom stereocenters. The first-order valence-electron chi connectivity index (χ1n) is 8.86. The molecule has 0 aliphatic heterocycles. The van der Waals surface area contributed by atoms with E-state index in [1.165, 1.54) is 0 Å². The van der Waals surface area contributed by atoms with E-state index in [9.17, 15) is 4.79 Å². The van der Waals surface area contributed by atoms with Gasteiger partial charge in [0.2, 0.25) is 0 Å². The smallest absolute Gasteiger partial charge is 0.342 e. The molecule has 24 heavy (non-hydrogen) atoms. The van der Waals surface area contributed by atoms with Crippen LogP contribution < -0.4 is 0 Å². The van der Waals surface area contributed by atoms with Gasteiger partial charge in [-0.2, -0.15) is 5.26 Å². The number of carbonyl (C=O) groups is 1. The zero-order valence-electron chi connectivity index (χ0n) is 14.6. The van der Waals surface area contributed by atoms with E-state index in [2.05, 4.69) is 47.4 Å². The summed E-state index contributed by atoms with van der Waals surface area (Å²) < 4.78 is 0. The Morgan fingerprint density at radius 2 is 1.21 bits per heavy atom. The van der Waals surface area contributed by atoms with Gasteiger partial charge in [0, 0.05) is 13.0 Å². The molecule has 2 N–H and O–H groups in total. The maximum absolute atomic E-state index is 10.7. The van der Waals surface area contributed by atoms with Crippen LogP contribution in [0.15, 0.2) is 48.6 Å². The first kappa shape index (κ1) is 22.4. The summed E-state index contributed by atoms with van der Waals surface area (Å²) >= 11 is 0. The highest BCUT2D eigenvalue weighted by atomic mass is 17.1. The lowest BCUT2D eigenvalue weighted by Crippen LogP contribution is -1.99. The minimum atomic E-state index is -0.577. The first-order chi connectivity index (χ1) is 11.8. The van der Waals surface area contributed by atoms with E-state index in [1.807, 2.05) is 6.08 Å². The third-order valence-electron chi connectivity index (χ3n) is 3.37. The normalized spacial score (nSPS) is 12.2.